The average molecular weight is 367 g/mol. The van der Waals surface area contributed by atoms with Gasteiger partial charge < -0.3 is 19.7 Å². The van der Waals surface area contributed by atoms with Crippen LogP contribution in [0.1, 0.15) is 21.5 Å². The Bertz CT molecular complexity index is 1010. The van der Waals surface area contributed by atoms with Gasteiger partial charge in [0.1, 0.15) is 11.6 Å². The molecule has 0 spiro atoms. The van der Waals surface area contributed by atoms with E-state index in [1.54, 1.807) is 26.2 Å². The number of aryl methyl sites for hydroxylation is 2. The number of hydrogen-bond donors (Lipinski definition) is 2. The van der Waals surface area contributed by atoms with E-state index in [0.29, 0.717) is 22.6 Å². The molecule has 27 heavy (non-hydrogen) atoms. The molecule has 0 bridgehead atoms. The summed E-state index contributed by atoms with van der Waals surface area (Å²) in [5, 5.41) is 9.14. The van der Waals surface area contributed by atoms with Gasteiger partial charge in [0.25, 0.3) is 5.91 Å². The molecule has 0 aliphatic rings. The molecule has 140 valence electrons. The number of hydrogen-bond acceptors (Lipinski definition) is 4. The number of fused-ring (bicyclic) bond motifs is 1. The van der Waals surface area contributed by atoms with Crippen LogP contribution in [-0.2, 0) is 4.79 Å². The number of aromatic nitrogens is 2. The molecule has 2 aromatic carbocycles. The minimum atomic E-state index is -0.978. The Morgan fingerprint density at radius 2 is 1.81 bits per heavy atom. The number of nitrogens with zero attached hydrogens (tertiary/aromatic N) is 2. The van der Waals surface area contributed by atoms with Gasteiger partial charge in [0.15, 0.2) is 6.61 Å². The Morgan fingerprint density at radius 1 is 1.15 bits per heavy atom. The SMILES string of the molecule is Cc1cc(OCC(=O)N(C)C)cc(C)c1-c1nc2ccc(C(=O)O)cc2[nH]1. The van der Waals surface area contributed by atoms with E-state index in [1.807, 2.05) is 26.0 Å². The Hall–Kier alpha value is -3.35. The molecule has 1 heterocycles. The summed E-state index contributed by atoms with van der Waals surface area (Å²) >= 11 is 0. The zero-order chi connectivity index (χ0) is 19.7. The van der Waals surface area contributed by atoms with Gasteiger partial charge in [0.2, 0.25) is 0 Å². The largest absolute Gasteiger partial charge is 0.484 e. The molecule has 0 unspecified atom stereocenters. The lowest BCUT2D eigenvalue weighted by Gasteiger charge is -2.14. The van der Waals surface area contributed by atoms with Crippen molar-refractivity contribution in [1.82, 2.24) is 14.9 Å². The van der Waals surface area contributed by atoms with Gasteiger partial charge in [-0.25, -0.2) is 9.78 Å². The van der Waals surface area contributed by atoms with E-state index in [1.165, 1.54) is 11.0 Å². The first kappa shape index (κ1) is 18.4. The second-order valence-electron chi connectivity index (χ2n) is 6.63. The molecule has 7 heteroatoms. The third kappa shape index (κ3) is 3.76. The number of carbonyl (C=O) groups excluding carboxylic acids is 1. The summed E-state index contributed by atoms with van der Waals surface area (Å²) in [6.45, 7) is 3.87. The van der Waals surface area contributed by atoms with Crippen LogP contribution in [0.25, 0.3) is 22.4 Å². The number of carbonyl (C=O) groups is 2. The summed E-state index contributed by atoms with van der Waals surface area (Å²) in [6, 6.07) is 8.52. The predicted octanol–water partition coefficient (Wildman–Crippen LogP) is 3.01. The number of aromatic carboxylic acids is 1. The molecule has 0 aliphatic heterocycles. The van der Waals surface area contributed by atoms with Gasteiger partial charge in [-0.3, -0.25) is 4.79 Å². The zero-order valence-electron chi connectivity index (χ0n) is 15.7. The Kier molecular flexibility index (Phi) is 4.85. The highest BCUT2D eigenvalue weighted by Crippen LogP contribution is 2.31. The van der Waals surface area contributed by atoms with Gasteiger partial charge in [-0.05, 0) is 55.3 Å². The highest BCUT2D eigenvalue weighted by molar-refractivity contribution is 5.93. The molecule has 0 atom stereocenters. The first-order chi connectivity index (χ1) is 12.8. The lowest BCUT2D eigenvalue weighted by molar-refractivity contribution is -0.130. The van der Waals surface area contributed by atoms with E-state index in [-0.39, 0.29) is 18.1 Å². The topological polar surface area (TPSA) is 95.5 Å². The van der Waals surface area contributed by atoms with Crippen LogP contribution in [-0.4, -0.2) is 52.6 Å². The molecule has 0 radical (unpaired) electrons. The summed E-state index contributed by atoms with van der Waals surface area (Å²) in [5.74, 6) is 0.196. The lowest BCUT2D eigenvalue weighted by atomic mass is 10.0. The Labute approximate surface area is 156 Å². The van der Waals surface area contributed by atoms with Gasteiger partial charge in [-0.15, -0.1) is 0 Å². The third-order valence-electron chi connectivity index (χ3n) is 4.33. The van der Waals surface area contributed by atoms with Crippen molar-refractivity contribution in [2.24, 2.45) is 0 Å². The van der Waals surface area contributed by atoms with Crippen molar-refractivity contribution in [3.05, 3.63) is 47.0 Å². The second kappa shape index (κ2) is 7.11. The number of carboxylic acid groups (broad SMARTS) is 1. The van der Waals surface area contributed by atoms with E-state index in [0.717, 1.165) is 16.7 Å². The fraction of sp³-hybridized carbons (Fsp3) is 0.250. The molecule has 0 saturated carbocycles. The van der Waals surface area contributed by atoms with E-state index in [2.05, 4.69) is 9.97 Å². The standard InChI is InChI=1S/C20H21N3O4/c1-11-7-14(27-10-17(24)23(3)4)8-12(2)18(11)19-21-15-6-5-13(20(25)26)9-16(15)22-19/h5-9H,10H2,1-4H3,(H,21,22)(H,25,26). The summed E-state index contributed by atoms with van der Waals surface area (Å²) in [6.07, 6.45) is 0. The predicted molar refractivity (Wildman–Crippen MR) is 102 cm³/mol. The van der Waals surface area contributed by atoms with Crippen LogP contribution in [0.5, 0.6) is 5.75 Å². The number of nitrogens with one attached hydrogen (secondary N) is 1. The average Bonchev–Trinajstić information content (AvgIpc) is 3.01. The molecule has 0 saturated heterocycles. The van der Waals surface area contributed by atoms with E-state index in [9.17, 15) is 9.59 Å². The van der Waals surface area contributed by atoms with E-state index >= 15 is 0 Å². The summed E-state index contributed by atoms with van der Waals surface area (Å²) in [7, 11) is 3.37. The van der Waals surface area contributed by atoms with Gasteiger partial charge in [0.05, 0.1) is 16.6 Å². The number of benzene rings is 2. The van der Waals surface area contributed by atoms with E-state index < -0.39 is 5.97 Å². The lowest BCUT2D eigenvalue weighted by Crippen LogP contribution is -2.27. The zero-order valence-corrected chi connectivity index (χ0v) is 15.7. The Morgan fingerprint density at radius 3 is 2.41 bits per heavy atom. The number of rotatable bonds is 5. The van der Waals surface area contributed by atoms with Crippen molar-refractivity contribution in [3.63, 3.8) is 0 Å². The minimum absolute atomic E-state index is 0.0200. The van der Waals surface area contributed by atoms with Crippen molar-refractivity contribution in [1.29, 1.82) is 0 Å². The number of amides is 1. The maximum Gasteiger partial charge on any atom is 0.335 e. The summed E-state index contributed by atoms with van der Waals surface area (Å²) < 4.78 is 5.60. The highest BCUT2D eigenvalue weighted by atomic mass is 16.5. The summed E-state index contributed by atoms with van der Waals surface area (Å²) in [4.78, 5) is 32.1. The van der Waals surface area contributed by atoms with Crippen molar-refractivity contribution in [3.8, 4) is 17.1 Å². The van der Waals surface area contributed by atoms with Gasteiger partial charge in [-0.2, -0.15) is 0 Å². The third-order valence-corrected chi connectivity index (χ3v) is 4.33. The number of likely N-dealkylation sites (N-methyl/N-ethyl adjacent to an activating group) is 1. The van der Waals surface area contributed by atoms with Crippen molar-refractivity contribution in [2.45, 2.75) is 13.8 Å². The molecule has 3 rings (SSSR count). The molecule has 0 fully saturated rings. The molecular formula is C20H21N3O4. The van der Waals surface area contributed by atoms with Crippen molar-refractivity contribution >= 4 is 22.9 Å². The second-order valence-corrected chi connectivity index (χ2v) is 6.63. The normalized spacial score (nSPS) is 10.8. The van der Waals surface area contributed by atoms with Crippen LogP contribution in [0.4, 0.5) is 0 Å². The Balaban J connectivity index is 1.93. The molecule has 0 aliphatic carbocycles. The monoisotopic (exact) mass is 367 g/mol. The van der Waals surface area contributed by atoms with Gasteiger partial charge in [-0.1, -0.05) is 0 Å². The number of imidazole rings is 1. The van der Waals surface area contributed by atoms with Crippen molar-refractivity contribution in [2.75, 3.05) is 20.7 Å². The molecule has 1 amide bonds. The molecule has 3 aromatic rings. The quantitative estimate of drug-likeness (QED) is 0.723. The van der Waals surface area contributed by atoms with Crippen LogP contribution in [0, 0.1) is 13.8 Å². The van der Waals surface area contributed by atoms with Crippen LogP contribution >= 0.6 is 0 Å². The molecular weight excluding hydrogens is 346 g/mol. The van der Waals surface area contributed by atoms with Crippen molar-refractivity contribution < 1.29 is 19.4 Å². The van der Waals surface area contributed by atoms with Gasteiger partial charge in [0, 0.05) is 19.7 Å². The number of aromatic amines is 1. The van der Waals surface area contributed by atoms with Crippen LogP contribution in [0.2, 0.25) is 0 Å². The van der Waals surface area contributed by atoms with Crippen LogP contribution < -0.4 is 4.74 Å². The smallest absolute Gasteiger partial charge is 0.335 e. The molecule has 2 N–H and O–H groups in total. The number of ether oxygens (including phenoxy) is 1. The first-order valence-electron chi connectivity index (χ1n) is 8.44. The highest BCUT2D eigenvalue weighted by Gasteiger charge is 2.14. The maximum atomic E-state index is 11.7. The van der Waals surface area contributed by atoms with Gasteiger partial charge >= 0.3 is 5.97 Å². The summed E-state index contributed by atoms with van der Waals surface area (Å²) in [5.41, 5.74) is 4.39. The van der Waals surface area contributed by atoms with E-state index in [4.69, 9.17) is 9.84 Å². The number of carboxylic acids is 1. The molecule has 7 nitrogen and oxygen atoms in total. The van der Waals surface area contributed by atoms with Crippen LogP contribution in [0.15, 0.2) is 30.3 Å². The fourth-order valence-corrected chi connectivity index (χ4v) is 2.92. The number of H-pyrrole nitrogens is 1. The minimum Gasteiger partial charge on any atom is -0.484 e. The van der Waals surface area contributed by atoms with Crippen LogP contribution in [0.3, 0.4) is 0 Å². The molecule has 1 aromatic heterocycles. The first-order valence-corrected chi connectivity index (χ1v) is 8.44. The fourth-order valence-electron chi connectivity index (χ4n) is 2.92. The maximum absolute atomic E-state index is 11.7.